The Bertz CT molecular complexity index is 353. The number of nitrogens with zero attached hydrogens (tertiary/aromatic N) is 1. The summed E-state index contributed by atoms with van der Waals surface area (Å²) < 4.78 is 5.61. The summed E-state index contributed by atoms with van der Waals surface area (Å²) in [5, 5.41) is 9.32. The molecule has 0 aromatic heterocycles. The molecule has 3 atom stereocenters. The number of ether oxygens (including phenoxy) is 1. The number of hydrogen-bond donors (Lipinski definition) is 1. The van der Waals surface area contributed by atoms with Gasteiger partial charge in [-0.3, -0.25) is 9.59 Å². The van der Waals surface area contributed by atoms with Gasteiger partial charge in [-0.2, -0.15) is 0 Å². The second-order valence-corrected chi connectivity index (χ2v) is 6.00. The maximum atomic E-state index is 12.1. The van der Waals surface area contributed by atoms with Crippen LogP contribution in [0.3, 0.4) is 0 Å². The summed E-state index contributed by atoms with van der Waals surface area (Å²) in [6.07, 6.45) is 0.295. The number of carbonyl (C=O) groups is 2. The van der Waals surface area contributed by atoms with Crippen molar-refractivity contribution in [2.75, 3.05) is 13.2 Å². The van der Waals surface area contributed by atoms with E-state index in [0.717, 1.165) is 0 Å². The number of carboxylic acids is 1. The largest absolute Gasteiger partial charge is 0.481 e. The third-order valence-electron chi connectivity index (χ3n) is 3.81. The Morgan fingerprint density at radius 1 is 1.47 bits per heavy atom. The lowest BCUT2D eigenvalue weighted by Crippen LogP contribution is -2.56. The van der Waals surface area contributed by atoms with Gasteiger partial charge in [-0.05, 0) is 33.6 Å². The molecule has 1 amide bonds. The predicted octanol–water partition coefficient (Wildman–Crippen LogP) is 1.76. The first kappa shape index (κ1) is 16.0. The minimum Gasteiger partial charge on any atom is -0.481 e. The summed E-state index contributed by atoms with van der Waals surface area (Å²) >= 11 is 0. The van der Waals surface area contributed by atoms with E-state index in [1.807, 2.05) is 34.6 Å². The van der Waals surface area contributed by atoms with Gasteiger partial charge in [0.2, 0.25) is 5.91 Å². The molecule has 0 radical (unpaired) electrons. The van der Waals surface area contributed by atoms with Crippen LogP contribution >= 0.6 is 0 Å². The SMILES string of the molecule is CCOC(C)(C)CN1C(=O)CC(C)C(C(=O)O)C1C. The van der Waals surface area contributed by atoms with E-state index in [-0.39, 0.29) is 17.9 Å². The number of amides is 1. The van der Waals surface area contributed by atoms with Gasteiger partial charge in [-0.15, -0.1) is 0 Å². The van der Waals surface area contributed by atoms with Crippen molar-refractivity contribution in [2.24, 2.45) is 11.8 Å². The molecule has 0 saturated carbocycles. The van der Waals surface area contributed by atoms with Crippen LogP contribution in [-0.2, 0) is 14.3 Å². The number of aliphatic carboxylic acids is 1. The van der Waals surface area contributed by atoms with Crippen molar-refractivity contribution in [3.05, 3.63) is 0 Å². The first-order chi connectivity index (χ1) is 8.69. The molecule has 1 rings (SSSR count). The number of carbonyl (C=O) groups excluding carboxylic acids is 1. The maximum Gasteiger partial charge on any atom is 0.308 e. The fourth-order valence-corrected chi connectivity index (χ4v) is 2.94. The van der Waals surface area contributed by atoms with Crippen LogP contribution in [0.25, 0.3) is 0 Å². The topological polar surface area (TPSA) is 66.8 Å². The lowest BCUT2D eigenvalue weighted by Gasteiger charge is -2.43. The molecule has 3 unspecified atom stereocenters. The molecule has 0 aromatic carbocycles. The standard InChI is InChI=1S/C14H25NO4/c1-6-19-14(4,5)8-15-10(3)12(13(17)18)9(2)7-11(15)16/h9-10,12H,6-8H2,1-5H3,(H,17,18). The van der Waals surface area contributed by atoms with Crippen molar-refractivity contribution in [3.63, 3.8) is 0 Å². The van der Waals surface area contributed by atoms with E-state index >= 15 is 0 Å². The zero-order valence-electron chi connectivity index (χ0n) is 12.5. The van der Waals surface area contributed by atoms with Gasteiger partial charge in [0, 0.05) is 25.6 Å². The number of hydrogen-bond acceptors (Lipinski definition) is 3. The first-order valence-corrected chi connectivity index (χ1v) is 6.86. The van der Waals surface area contributed by atoms with Crippen molar-refractivity contribution in [3.8, 4) is 0 Å². The molecule has 0 spiro atoms. The van der Waals surface area contributed by atoms with E-state index in [1.165, 1.54) is 0 Å². The van der Waals surface area contributed by atoms with Crippen molar-refractivity contribution < 1.29 is 19.4 Å². The highest BCUT2D eigenvalue weighted by atomic mass is 16.5. The van der Waals surface area contributed by atoms with E-state index in [2.05, 4.69) is 0 Å². The highest BCUT2D eigenvalue weighted by molar-refractivity contribution is 5.82. The van der Waals surface area contributed by atoms with Gasteiger partial charge in [0.05, 0.1) is 11.5 Å². The number of carboxylic acid groups (broad SMARTS) is 1. The van der Waals surface area contributed by atoms with Crippen LogP contribution < -0.4 is 0 Å². The van der Waals surface area contributed by atoms with Gasteiger partial charge in [0.1, 0.15) is 0 Å². The molecule has 1 heterocycles. The minimum atomic E-state index is -0.827. The zero-order valence-corrected chi connectivity index (χ0v) is 12.5. The zero-order chi connectivity index (χ0) is 14.8. The Hall–Kier alpha value is -1.10. The third kappa shape index (κ3) is 3.69. The molecule has 0 bridgehead atoms. The highest BCUT2D eigenvalue weighted by Gasteiger charge is 2.43. The third-order valence-corrected chi connectivity index (χ3v) is 3.81. The van der Waals surface area contributed by atoms with E-state index in [0.29, 0.717) is 19.6 Å². The second-order valence-electron chi connectivity index (χ2n) is 6.00. The Morgan fingerprint density at radius 3 is 2.53 bits per heavy atom. The highest BCUT2D eigenvalue weighted by Crippen LogP contribution is 2.31. The summed E-state index contributed by atoms with van der Waals surface area (Å²) in [6, 6.07) is -0.298. The molecular formula is C14H25NO4. The molecule has 1 N–H and O–H groups in total. The molecule has 5 heteroatoms. The summed E-state index contributed by atoms with van der Waals surface area (Å²) in [4.78, 5) is 25.2. The van der Waals surface area contributed by atoms with Crippen LogP contribution in [0.4, 0.5) is 0 Å². The molecule has 0 aliphatic carbocycles. The van der Waals surface area contributed by atoms with Gasteiger partial charge in [0.25, 0.3) is 0 Å². The smallest absolute Gasteiger partial charge is 0.308 e. The number of likely N-dealkylation sites (tertiary alicyclic amines) is 1. The van der Waals surface area contributed by atoms with Crippen molar-refractivity contribution in [2.45, 2.75) is 52.7 Å². The fourth-order valence-electron chi connectivity index (χ4n) is 2.94. The van der Waals surface area contributed by atoms with Crippen molar-refractivity contribution >= 4 is 11.9 Å². The lowest BCUT2D eigenvalue weighted by molar-refractivity contribution is -0.158. The Morgan fingerprint density at radius 2 is 2.05 bits per heavy atom. The molecule has 19 heavy (non-hydrogen) atoms. The molecule has 5 nitrogen and oxygen atoms in total. The minimum absolute atomic E-state index is 0.0188. The van der Waals surface area contributed by atoms with Crippen molar-refractivity contribution in [1.82, 2.24) is 4.90 Å². The van der Waals surface area contributed by atoms with E-state index in [1.54, 1.807) is 4.90 Å². The fraction of sp³-hybridized carbons (Fsp3) is 0.857. The van der Waals surface area contributed by atoms with Crippen LogP contribution in [0.5, 0.6) is 0 Å². The second kappa shape index (κ2) is 5.90. The summed E-state index contributed by atoms with van der Waals surface area (Å²) in [7, 11) is 0. The number of rotatable bonds is 5. The Kier molecular flexibility index (Phi) is 4.96. The van der Waals surface area contributed by atoms with Crippen molar-refractivity contribution in [1.29, 1.82) is 0 Å². The quantitative estimate of drug-likeness (QED) is 0.827. The average molecular weight is 271 g/mol. The van der Waals surface area contributed by atoms with Crippen LogP contribution in [0.2, 0.25) is 0 Å². The van der Waals surface area contributed by atoms with Crippen LogP contribution in [-0.4, -0.2) is 46.7 Å². The summed E-state index contributed by atoms with van der Waals surface area (Å²) in [5.41, 5.74) is -0.456. The molecular weight excluding hydrogens is 246 g/mol. The molecule has 1 fully saturated rings. The Labute approximate surface area is 114 Å². The Balaban J connectivity index is 2.87. The molecule has 110 valence electrons. The lowest BCUT2D eigenvalue weighted by atomic mass is 9.80. The summed E-state index contributed by atoms with van der Waals surface area (Å²) in [6.45, 7) is 10.4. The van der Waals surface area contributed by atoms with Gasteiger partial charge in [-0.25, -0.2) is 0 Å². The van der Waals surface area contributed by atoms with Gasteiger partial charge in [-0.1, -0.05) is 6.92 Å². The van der Waals surface area contributed by atoms with E-state index < -0.39 is 17.5 Å². The first-order valence-electron chi connectivity index (χ1n) is 6.86. The van der Waals surface area contributed by atoms with Gasteiger partial charge < -0.3 is 14.7 Å². The van der Waals surface area contributed by atoms with Gasteiger partial charge in [0.15, 0.2) is 0 Å². The summed E-state index contributed by atoms with van der Waals surface area (Å²) in [5.74, 6) is -1.43. The maximum absolute atomic E-state index is 12.1. The monoisotopic (exact) mass is 271 g/mol. The molecule has 1 aliphatic rings. The predicted molar refractivity (Wildman–Crippen MR) is 71.8 cm³/mol. The van der Waals surface area contributed by atoms with Gasteiger partial charge >= 0.3 is 5.97 Å². The van der Waals surface area contributed by atoms with Crippen LogP contribution in [0.1, 0.15) is 41.0 Å². The molecule has 0 aromatic rings. The van der Waals surface area contributed by atoms with E-state index in [4.69, 9.17) is 4.74 Å². The normalized spacial score (nSPS) is 28.6. The molecule has 1 saturated heterocycles. The van der Waals surface area contributed by atoms with Crippen LogP contribution in [0.15, 0.2) is 0 Å². The number of piperidine rings is 1. The molecule has 1 aliphatic heterocycles. The average Bonchev–Trinajstić information content (AvgIpc) is 2.23. The van der Waals surface area contributed by atoms with Crippen LogP contribution in [0, 0.1) is 11.8 Å². The van der Waals surface area contributed by atoms with E-state index in [9.17, 15) is 14.7 Å².